The highest BCUT2D eigenvalue weighted by atomic mass is 32.1. The lowest BCUT2D eigenvalue weighted by atomic mass is 10.2. The van der Waals surface area contributed by atoms with Gasteiger partial charge in [-0.15, -0.1) is 11.3 Å². The Morgan fingerprint density at radius 1 is 1.21 bits per heavy atom. The number of likely N-dealkylation sites (N-methyl/N-ethyl adjacent to an activating group) is 1. The van der Waals surface area contributed by atoms with Crippen molar-refractivity contribution in [2.45, 2.75) is 19.9 Å². The van der Waals surface area contributed by atoms with Crippen molar-refractivity contribution in [1.82, 2.24) is 5.32 Å². The van der Waals surface area contributed by atoms with Gasteiger partial charge in [0.2, 0.25) is 0 Å². The molecule has 0 saturated heterocycles. The summed E-state index contributed by atoms with van der Waals surface area (Å²) in [7, 11) is 2.15. The molecule has 2 nitrogen and oxygen atoms in total. The minimum absolute atomic E-state index is 0.435. The van der Waals surface area contributed by atoms with Crippen LogP contribution < -0.4 is 10.2 Å². The van der Waals surface area contributed by atoms with E-state index in [-0.39, 0.29) is 0 Å². The van der Waals surface area contributed by atoms with Crippen molar-refractivity contribution < 1.29 is 0 Å². The molecule has 0 radical (unpaired) electrons. The molecule has 1 heterocycles. The van der Waals surface area contributed by atoms with Crippen LogP contribution in [0, 0.1) is 6.92 Å². The number of aryl methyl sites for hydroxylation is 1. The molecule has 1 aromatic carbocycles. The average Bonchev–Trinajstić information content (AvgIpc) is 2.93. The Morgan fingerprint density at radius 3 is 2.68 bits per heavy atom. The molecule has 0 amide bonds. The van der Waals surface area contributed by atoms with E-state index in [2.05, 4.69) is 72.9 Å². The number of para-hydroxylation sites is 1. The van der Waals surface area contributed by atoms with Gasteiger partial charge in [0.1, 0.15) is 0 Å². The predicted molar refractivity (Wildman–Crippen MR) is 85.2 cm³/mol. The van der Waals surface area contributed by atoms with E-state index in [1.165, 1.54) is 16.1 Å². The van der Waals surface area contributed by atoms with Gasteiger partial charge in [-0.2, -0.15) is 0 Å². The summed E-state index contributed by atoms with van der Waals surface area (Å²) in [5.74, 6) is 0. The van der Waals surface area contributed by atoms with Crippen LogP contribution in [0.15, 0.2) is 41.8 Å². The van der Waals surface area contributed by atoms with Crippen molar-refractivity contribution in [3.05, 3.63) is 52.2 Å². The summed E-state index contributed by atoms with van der Waals surface area (Å²) in [5.41, 5.74) is 2.64. The Bertz CT molecular complexity index is 493. The van der Waals surface area contributed by atoms with Crippen LogP contribution in [-0.2, 0) is 0 Å². The van der Waals surface area contributed by atoms with Crippen LogP contribution in [0.2, 0.25) is 0 Å². The monoisotopic (exact) mass is 274 g/mol. The van der Waals surface area contributed by atoms with Gasteiger partial charge in [-0.3, -0.25) is 0 Å². The highest BCUT2D eigenvalue weighted by Gasteiger charge is 2.07. The fourth-order valence-electron chi connectivity index (χ4n) is 2.20. The van der Waals surface area contributed by atoms with Crippen molar-refractivity contribution >= 4 is 17.0 Å². The third kappa shape index (κ3) is 3.82. The summed E-state index contributed by atoms with van der Waals surface area (Å²) in [6, 6.07) is 13.3. The molecule has 1 aromatic heterocycles. The van der Waals surface area contributed by atoms with Crippen LogP contribution in [0.5, 0.6) is 0 Å². The Labute approximate surface area is 120 Å². The second-order valence-corrected chi connectivity index (χ2v) is 5.88. The number of hydrogen-bond donors (Lipinski definition) is 1. The van der Waals surface area contributed by atoms with Crippen LogP contribution in [0.3, 0.4) is 0 Å². The minimum atomic E-state index is 0.435. The zero-order valence-electron chi connectivity index (χ0n) is 11.9. The van der Waals surface area contributed by atoms with E-state index < -0.39 is 0 Å². The van der Waals surface area contributed by atoms with E-state index in [0.717, 1.165) is 13.1 Å². The molecule has 1 atom stereocenters. The van der Waals surface area contributed by atoms with Crippen LogP contribution >= 0.6 is 11.3 Å². The highest BCUT2D eigenvalue weighted by molar-refractivity contribution is 7.10. The number of hydrogen-bond acceptors (Lipinski definition) is 3. The van der Waals surface area contributed by atoms with Crippen molar-refractivity contribution in [3.63, 3.8) is 0 Å². The number of benzene rings is 1. The quantitative estimate of drug-likeness (QED) is 0.861. The standard InChI is InChI=1S/C16H22N2S/c1-13-7-4-5-8-15(13)18(3)11-10-17-14(2)16-9-6-12-19-16/h4-9,12,14,17H,10-11H2,1-3H3. The summed E-state index contributed by atoms with van der Waals surface area (Å²) >= 11 is 1.81. The molecule has 0 spiro atoms. The van der Waals surface area contributed by atoms with Crippen molar-refractivity contribution in [2.75, 3.05) is 25.0 Å². The molecule has 0 saturated carbocycles. The van der Waals surface area contributed by atoms with Crippen LogP contribution in [0.25, 0.3) is 0 Å². The minimum Gasteiger partial charge on any atom is -0.373 e. The zero-order valence-corrected chi connectivity index (χ0v) is 12.7. The van der Waals surface area contributed by atoms with Gasteiger partial charge in [-0.25, -0.2) is 0 Å². The zero-order chi connectivity index (χ0) is 13.7. The molecule has 0 aliphatic carbocycles. The molecule has 3 heteroatoms. The lowest BCUT2D eigenvalue weighted by molar-refractivity contribution is 0.584. The maximum Gasteiger partial charge on any atom is 0.0393 e. The van der Waals surface area contributed by atoms with Crippen molar-refractivity contribution in [2.24, 2.45) is 0 Å². The second kappa shape index (κ2) is 6.73. The van der Waals surface area contributed by atoms with Crippen molar-refractivity contribution in [3.8, 4) is 0 Å². The molecule has 2 aromatic rings. The number of nitrogens with zero attached hydrogens (tertiary/aromatic N) is 1. The maximum atomic E-state index is 3.57. The molecule has 1 unspecified atom stereocenters. The molecule has 0 bridgehead atoms. The highest BCUT2D eigenvalue weighted by Crippen LogP contribution is 2.19. The lowest BCUT2D eigenvalue weighted by Crippen LogP contribution is -2.30. The normalized spacial score (nSPS) is 12.4. The Morgan fingerprint density at radius 2 is 2.00 bits per heavy atom. The number of rotatable bonds is 6. The van der Waals surface area contributed by atoms with Gasteiger partial charge in [0, 0.05) is 36.7 Å². The molecule has 1 N–H and O–H groups in total. The first kappa shape index (κ1) is 14.1. The molecular formula is C16H22N2S. The smallest absolute Gasteiger partial charge is 0.0393 e. The lowest BCUT2D eigenvalue weighted by Gasteiger charge is -2.22. The molecule has 2 rings (SSSR count). The largest absolute Gasteiger partial charge is 0.373 e. The van der Waals surface area contributed by atoms with Gasteiger partial charge >= 0.3 is 0 Å². The van der Waals surface area contributed by atoms with Gasteiger partial charge in [0.15, 0.2) is 0 Å². The number of anilines is 1. The first-order chi connectivity index (χ1) is 9.18. The van der Waals surface area contributed by atoms with E-state index in [0.29, 0.717) is 6.04 Å². The van der Waals surface area contributed by atoms with Gasteiger partial charge in [0.05, 0.1) is 0 Å². The van der Waals surface area contributed by atoms with Gasteiger partial charge in [-0.05, 0) is 36.9 Å². The molecular weight excluding hydrogens is 252 g/mol. The van der Waals surface area contributed by atoms with E-state index in [1.807, 2.05) is 11.3 Å². The van der Waals surface area contributed by atoms with Crippen LogP contribution in [0.4, 0.5) is 5.69 Å². The predicted octanol–water partition coefficient (Wildman–Crippen LogP) is 3.84. The van der Waals surface area contributed by atoms with E-state index in [4.69, 9.17) is 0 Å². The summed E-state index contributed by atoms with van der Waals surface area (Å²) in [6.45, 7) is 6.39. The summed E-state index contributed by atoms with van der Waals surface area (Å²) in [5, 5.41) is 5.71. The number of thiophene rings is 1. The van der Waals surface area contributed by atoms with Crippen LogP contribution in [0.1, 0.15) is 23.4 Å². The van der Waals surface area contributed by atoms with Gasteiger partial charge in [-0.1, -0.05) is 24.3 Å². The molecule has 0 fully saturated rings. The fraction of sp³-hybridized carbons (Fsp3) is 0.375. The Hall–Kier alpha value is -1.32. The topological polar surface area (TPSA) is 15.3 Å². The number of nitrogens with one attached hydrogen (secondary N) is 1. The fourth-order valence-corrected chi connectivity index (χ4v) is 2.96. The van der Waals surface area contributed by atoms with Crippen LogP contribution in [-0.4, -0.2) is 20.1 Å². The van der Waals surface area contributed by atoms with E-state index in [9.17, 15) is 0 Å². The summed E-state index contributed by atoms with van der Waals surface area (Å²) < 4.78 is 0. The van der Waals surface area contributed by atoms with Crippen molar-refractivity contribution in [1.29, 1.82) is 0 Å². The Balaban J connectivity index is 1.81. The third-order valence-corrected chi connectivity index (χ3v) is 4.45. The molecule has 0 aliphatic heterocycles. The SMILES string of the molecule is Cc1ccccc1N(C)CCNC(C)c1cccs1. The van der Waals surface area contributed by atoms with Gasteiger partial charge in [0.25, 0.3) is 0 Å². The maximum absolute atomic E-state index is 3.57. The third-order valence-electron chi connectivity index (χ3n) is 3.39. The Kier molecular flexibility index (Phi) is 5.00. The van der Waals surface area contributed by atoms with E-state index >= 15 is 0 Å². The van der Waals surface area contributed by atoms with E-state index in [1.54, 1.807) is 0 Å². The molecule has 102 valence electrons. The first-order valence-electron chi connectivity index (χ1n) is 6.72. The molecule has 0 aliphatic rings. The first-order valence-corrected chi connectivity index (χ1v) is 7.60. The van der Waals surface area contributed by atoms with Gasteiger partial charge < -0.3 is 10.2 Å². The molecule has 19 heavy (non-hydrogen) atoms. The average molecular weight is 274 g/mol. The summed E-state index contributed by atoms with van der Waals surface area (Å²) in [4.78, 5) is 3.71. The second-order valence-electron chi connectivity index (χ2n) is 4.90. The summed E-state index contributed by atoms with van der Waals surface area (Å²) in [6.07, 6.45) is 0.